The summed E-state index contributed by atoms with van der Waals surface area (Å²) in [5.74, 6) is -0.0330. The molecule has 0 bridgehead atoms. The molecule has 2 N–H and O–H groups in total. The van der Waals surface area contributed by atoms with E-state index in [1.54, 1.807) is 18.3 Å². The molecule has 0 aliphatic heterocycles. The van der Waals surface area contributed by atoms with Crippen LogP contribution in [0, 0.1) is 0 Å². The summed E-state index contributed by atoms with van der Waals surface area (Å²) in [6.45, 7) is 2.50. The largest absolute Gasteiger partial charge is 0.356 e. The van der Waals surface area contributed by atoms with E-state index in [4.69, 9.17) is 11.6 Å². The predicted molar refractivity (Wildman–Crippen MR) is 86.7 cm³/mol. The SMILES string of the molecule is CCNC(=O)Cc1[nH]nc2ccc(-c3ncccc3Cl)cc12. The zero-order valence-corrected chi connectivity index (χ0v) is 12.8. The average Bonchev–Trinajstić information content (AvgIpc) is 2.90. The summed E-state index contributed by atoms with van der Waals surface area (Å²) in [7, 11) is 0. The number of fused-ring (bicyclic) bond motifs is 1. The maximum Gasteiger partial charge on any atom is 0.226 e. The molecule has 0 fully saturated rings. The summed E-state index contributed by atoms with van der Waals surface area (Å²) in [5, 5.41) is 11.4. The number of carbonyl (C=O) groups is 1. The van der Waals surface area contributed by atoms with Crippen molar-refractivity contribution in [1.29, 1.82) is 0 Å². The van der Waals surface area contributed by atoms with E-state index < -0.39 is 0 Å². The summed E-state index contributed by atoms with van der Waals surface area (Å²) in [6, 6.07) is 9.38. The summed E-state index contributed by atoms with van der Waals surface area (Å²) in [4.78, 5) is 16.1. The Bertz CT molecular complexity index is 828. The van der Waals surface area contributed by atoms with Gasteiger partial charge in [0.1, 0.15) is 0 Å². The second-order valence-electron chi connectivity index (χ2n) is 4.90. The zero-order valence-electron chi connectivity index (χ0n) is 12.1. The summed E-state index contributed by atoms with van der Waals surface area (Å²) < 4.78 is 0. The van der Waals surface area contributed by atoms with E-state index in [1.165, 1.54) is 0 Å². The number of likely N-dealkylation sites (N-methyl/N-ethyl adjacent to an activating group) is 1. The van der Waals surface area contributed by atoms with Gasteiger partial charge in [0.25, 0.3) is 0 Å². The van der Waals surface area contributed by atoms with Gasteiger partial charge in [-0.1, -0.05) is 17.7 Å². The molecule has 0 spiro atoms. The lowest BCUT2D eigenvalue weighted by Crippen LogP contribution is -2.24. The first-order valence-corrected chi connectivity index (χ1v) is 7.41. The molecule has 3 aromatic rings. The van der Waals surface area contributed by atoms with E-state index in [9.17, 15) is 4.79 Å². The van der Waals surface area contributed by atoms with Gasteiger partial charge in [0.05, 0.1) is 28.3 Å². The highest BCUT2D eigenvalue weighted by Crippen LogP contribution is 2.28. The van der Waals surface area contributed by atoms with Crippen LogP contribution in [0.4, 0.5) is 0 Å². The number of amides is 1. The van der Waals surface area contributed by atoms with Crippen LogP contribution >= 0.6 is 11.6 Å². The highest BCUT2D eigenvalue weighted by molar-refractivity contribution is 6.33. The van der Waals surface area contributed by atoms with Crippen LogP contribution in [0.1, 0.15) is 12.6 Å². The van der Waals surface area contributed by atoms with Crippen LogP contribution in [0.2, 0.25) is 5.02 Å². The molecule has 0 saturated carbocycles. The van der Waals surface area contributed by atoms with Gasteiger partial charge >= 0.3 is 0 Å². The Morgan fingerprint density at radius 1 is 1.36 bits per heavy atom. The third-order valence-electron chi connectivity index (χ3n) is 3.38. The molecule has 2 aromatic heterocycles. The van der Waals surface area contributed by atoms with Crippen LogP contribution in [0.5, 0.6) is 0 Å². The second kappa shape index (κ2) is 6.15. The van der Waals surface area contributed by atoms with Crippen molar-refractivity contribution in [3.8, 4) is 11.3 Å². The molecule has 0 aliphatic rings. The number of aromatic nitrogens is 3. The number of nitrogens with one attached hydrogen (secondary N) is 2. The van der Waals surface area contributed by atoms with E-state index in [-0.39, 0.29) is 12.3 Å². The Balaban J connectivity index is 2.02. The minimum atomic E-state index is -0.0330. The fourth-order valence-corrected chi connectivity index (χ4v) is 2.59. The fraction of sp³-hybridized carbons (Fsp3) is 0.188. The fourth-order valence-electron chi connectivity index (χ4n) is 2.36. The number of hydrogen-bond acceptors (Lipinski definition) is 3. The molecule has 1 amide bonds. The van der Waals surface area contributed by atoms with E-state index >= 15 is 0 Å². The molecule has 1 aromatic carbocycles. The van der Waals surface area contributed by atoms with Crippen molar-refractivity contribution in [3.05, 3.63) is 47.2 Å². The molecule has 3 rings (SSSR count). The molecule has 0 radical (unpaired) electrons. The highest BCUT2D eigenvalue weighted by atomic mass is 35.5. The van der Waals surface area contributed by atoms with Crippen LogP contribution in [0.15, 0.2) is 36.5 Å². The first kappa shape index (κ1) is 14.5. The summed E-state index contributed by atoms with van der Waals surface area (Å²) >= 11 is 6.20. The molecule has 22 heavy (non-hydrogen) atoms. The maximum absolute atomic E-state index is 11.8. The van der Waals surface area contributed by atoms with Gasteiger partial charge in [0, 0.05) is 23.7 Å². The Kier molecular flexibility index (Phi) is 4.06. The van der Waals surface area contributed by atoms with Gasteiger partial charge in [-0.05, 0) is 31.2 Å². The summed E-state index contributed by atoms with van der Waals surface area (Å²) in [5.41, 5.74) is 3.22. The predicted octanol–water partition coefficient (Wildman–Crippen LogP) is 2.96. The molecule has 6 heteroatoms. The van der Waals surface area contributed by atoms with Crippen molar-refractivity contribution < 1.29 is 4.79 Å². The van der Waals surface area contributed by atoms with E-state index in [0.717, 1.165) is 27.9 Å². The van der Waals surface area contributed by atoms with Crippen molar-refractivity contribution >= 4 is 28.4 Å². The maximum atomic E-state index is 11.8. The van der Waals surface area contributed by atoms with Gasteiger partial charge in [-0.25, -0.2) is 0 Å². The highest BCUT2D eigenvalue weighted by Gasteiger charge is 2.12. The lowest BCUT2D eigenvalue weighted by atomic mass is 10.1. The lowest BCUT2D eigenvalue weighted by molar-refractivity contribution is -0.120. The number of carbonyl (C=O) groups excluding carboxylic acids is 1. The molecule has 0 atom stereocenters. The number of hydrogen-bond donors (Lipinski definition) is 2. The third-order valence-corrected chi connectivity index (χ3v) is 3.68. The van der Waals surface area contributed by atoms with Gasteiger partial charge in [-0.2, -0.15) is 5.10 Å². The second-order valence-corrected chi connectivity index (χ2v) is 5.31. The van der Waals surface area contributed by atoms with Crippen molar-refractivity contribution in [2.75, 3.05) is 6.54 Å². The number of H-pyrrole nitrogens is 1. The normalized spacial score (nSPS) is 10.8. The van der Waals surface area contributed by atoms with Crippen molar-refractivity contribution in [3.63, 3.8) is 0 Å². The monoisotopic (exact) mass is 314 g/mol. The minimum Gasteiger partial charge on any atom is -0.356 e. The molecular weight excluding hydrogens is 300 g/mol. The number of aromatic amines is 1. The Morgan fingerprint density at radius 2 is 2.23 bits per heavy atom. The van der Waals surface area contributed by atoms with Crippen molar-refractivity contribution in [2.45, 2.75) is 13.3 Å². The van der Waals surface area contributed by atoms with E-state index in [0.29, 0.717) is 11.6 Å². The van der Waals surface area contributed by atoms with Gasteiger partial charge in [0.2, 0.25) is 5.91 Å². The van der Waals surface area contributed by atoms with E-state index in [1.807, 2.05) is 25.1 Å². The van der Waals surface area contributed by atoms with Gasteiger partial charge in [0.15, 0.2) is 0 Å². The minimum absolute atomic E-state index is 0.0330. The number of nitrogens with zero attached hydrogens (tertiary/aromatic N) is 2. The summed E-state index contributed by atoms with van der Waals surface area (Å²) in [6.07, 6.45) is 1.97. The molecule has 112 valence electrons. The first-order valence-electron chi connectivity index (χ1n) is 7.03. The lowest BCUT2D eigenvalue weighted by Gasteiger charge is -2.04. The number of benzene rings is 1. The zero-order chi connectivity index (χ0) is 15.5. The number of rotatable bonds is 4. The third kappa shape index (κ3) is 2.80. The van der Waals surface area contributed by atoms with Gasteiger partial charge in [-0.3, -0.25) is 14.9 Å². The molecule has 0 saturated heterocycles. The molecule has 0 unspecified atom stereocenters. The quantitative estimate of drug-likeness (QED) is 0.777. The standard InChI is InChI=1S/C16H15ClN4O/c1-2-18-15(22)9-14-11-8-10(5-6-13(11)20-21-14)16-12(17)4-3-7-19-16/h3-8H,2,9H2,1H3,(H,18,22)(H,20,21). The molecule has 2 heterocycles. The molecular formula is C16H15ClN4O. The van der Waals surface area contributed by atoms with Crippen molar-refractivity contribution in [2.24, 2.45) is 0 Å². The Hall–Kier alpha value is -2.40. The molecule has 0 aliphatic carbocycles. The topological polar surface area (TPSA) is 70.7 Å². The van der Waals surface area contributed by atoms with Crippen LogP contribution in [-0.4, -0.2) is 27.6 Å². The van der Waals surface area contributed by atoms with Crippen LogP contribution in [-0.2, 0) is 11.2 Å². The van der Waals surface area contributed by atoms with Crippen LogP contribution in [0.3, 0.4) is 0 Å². The smallest absolute Gasteiger partial charge is 0.226 e. The van der Waals surface area contributed by atoms with Crippen LogP contribution < -0.4 is 5.32 Å². The van der Waals surface area contributed by atoms with Gasteiger partial charge in [-0.15, -0.1) is 0 Å². The van der Waals surface area contributed by atoms with Crippen LogP contribution in [0.25, 0.3) is 22.2 Å². The first-order chi connectivity index (χ1) is 10.7. The van der Waals surface area contributed by atoms with Crippen molar-refractivity contribution in [1.82, 2.24) is 20.5 Å². The number of pyridine rings is 1. The van der Waals surface area contributed by atoms with E-state index in [2.05, 4.69) is 20.5 Å². The Labute approximate surface area is 132 Å². The average molecular weight is 315 g/mol. The Morgan fingerprint density at radius 3 is 3.00 bits per heavy atom. The number of halogens is 1. The molecule has 5 nitrogen and oxygen atoms in total. The van der Waals surface area contributed by atoms with Gasteiger partial charge < -0.3 is 5.32 Å².